The van der Waals surface area contributed by atoms with Gasteiger partial charge in [0, 0.05) is 62.3 Å². The van der Waals surface area contributed by atoms with Crippen LogP contribution in [0.2, 0.25) is 0 Å². The second-order valence-electron chi connectivity index (χ2n) is 14.8. The third-order valence-corrected chi connectivity index (χ3v) is 10.1. The number of nitrogens with zero attached hydrogens (tertiary/aromatic N) is 2. The molecular weight excluding hydrogens is 811 g/mol. The van der Waals surface area contributed by atoms with Crippen LogP contribution in [0.4, 0.5) is 37.7 Å². The molecule has 2 N–H and O–H groups in total. The van der Waals surface area contributed by atoms with E-state index in [0.717, 1.165) is 26.2 Å². The molecule has 0 atom stereocenters. The Morgan fingerprint density at radius 2 is 0.774 bits per heavy atom. The second kappa shape index (κ2) is 23.7. The number of hydrogen-bond donors (Lipinski definition) is 2. The Hall–Kier alpha value is -6.18. The molecule has 6 rings (SSSR count). The van der Waals surface area contributed by atoms with Gasteiger partial charge < -0.3 is 30.4 Å². The number of aliphatic carboxylic acids is 2. The maximum absolute atomic E-state index is 10.5. The van der Waals surface area contributed by atoms with Crippen molar-refractivity contribution < 1.29 is 55.3 Å². The fourth-order valence-electron chi connectivity index (χ4n) is 6.98. The number of aromatic nitrogens is 2. The van der Waals surface area contributed by atoms with Gasteiger partial charge in [0.15, 0.2) is 24.5 Å². The highest BCUT2D eigenvalue weighted by Crippen LogP contribution is 2.24. The number of unbranched alkanes of at least 4 members (excludes halogenated alkanes) is 7. The maximum atomic E-state index is 10.5. The minimum absolute atomic E-state index is 0.892. The molecule has 0 aliphatic carbocycles. The van der Waals surface area contributed by atoms with Crippen molar-refractivity contribution in [2.24, 2.45) is 0 Å². The summed E-state index contributed by atoms with van der Waals surface area (Å²) in [5, 5.41) is 27.7. The topological polar surface area (TPSA) is 112 Å². The largest absolute Gasteiger partial charge is 0.542 e. The third-order valence-electron chi connectivity index (χ3n) is 10.1. The summed E-state index contributed by atoms with van der Waals surface area (Å²) >= 11 is 0. The summed E-state index contributed by atoms with van der Waals surface area (Å²) in [7, 11) is 0. The van der Waals surface area contributed by atoms with Crippen LogP contribution in [0.15, 0.2) is 121 Å². The highest BCUT2D eigenvalue weighted by atomic mass is 19.4. The van der Waals surface area contributed by atoms with Crippen molar-refractivity contribution >= 4 is 45.1 Å². The normalized spacial score (nSPS) is 11.3. The van der Waals surface area contributed by atoms with Gasteiger partial charge in [0.2, 0.25) is 11.0 Å². The Balaban J connectivity index is 0.000000521. The fourth-order valence-corrected chi connectivity index (χ4v) is 6.98. The average molecular weight is 863 g/mol. The Bertz CT molecular complexity index is 2170. The number of nitrogens with one attached hydrogen (secondary N) is 2. The molecule has 0 saturated carbocycles. The summed E-state index contributed by atoms with van der Waals surface area (Å²) in [6.07, 6.45) is -0.0614. The standard InChI is InChI=1S/C44H50N4.2C2HF3O2/c1-35-31-41(39-25-15-17-27-43(39)47(35)33-37-21-11-9-12-22-37)45-29-19-7-5-3-4-6-8-20-30-46-42-32-36(2)48(34-38-23-13-10-14-24-38)44-28-18-16-26-40(42)44;2*3-2(4,5)1(6)7/h9-18,21-28,31-32H,3-8,19-20,29-30,33-34H2,1-2H3;2*(H,6,7). The van der Waals surface area contributed by atoms with Crippen LogP contribution < -0.4 is 30.0 Å². The summed E-state index contributed by atoms with van der Waals surface area (Å²) in [5.74, 6) is -6.01. The van der Waals surface area contributed by atoms with Crippen LogP contribution in [-0.4, -0.2) is 37.4 Å². The number of anilines is 2. The minimum Gasteiger partial charge on any atom is -0.542 e. The van der Waals surface area contributed by atoms with Gasteiger partial charge in [0.25, 0.3) is 0 Å². The molecule has 6 aromatic rings. The van der Waals surface area contributed by atoms with Gasteiger partial charge in [0.1, 0.15) is 11.9 Å². The van der Waals surface area contributed by atoms with Gasteiger partial charge in [-0.2, -0.15) is 35.5 Å². The third kappa shape index (κ3) is 15.4. The lowest BCUT2D eigenvalue weighted by molar-refractivity contribution is -0.668. The number of halogens is 6. The molecule has 14 heteroatoms. The van der Waals surface area contributed by atoms with E-state index >= 15 is 0 Å². The summed E-state index contributed by atoms with van der Waals surface area (Å²) < 4.78 is 68.0. The lowest BCUT2D eigenvalue weighted by Crippen LogP contribution is -2.38. The van der Waals surface area contributed by atoms with E-state index in [0.29, 0.717) is 0 Å². The van der Waals surface area contributed by atoms with Crippen LogP contribution in [-0.2, 0) is 22.7 Å². The zero-order valence-corrected chi connectivity index (χ0v) is 34.8. The van der Waals surface area contributed by atoms with E-state index in [2.05, 4.69) is 155 Å². The van der Waals surface area contributed by atoms with E-state index in [1.807, 2.05) is 0 Å². The SMILES string of the molecule is Cc1cc(NCCCCCCCCCCNc2cc(C)[n+](Cc3ccccc3)c3ccccc23)c2ccccc2[n+]1Cc1ccccc1.O=C([O-])C(F)(F)F.O=C([O-])C(F)(F)F. The molecule has 0 radical (unpaired) electrons. The molecule has 0 saturated heterocycles. The minimum atomic E-state index is -5.19. The molecule has 0 amide bonds. The molecular formula is C48H52F6N4O4. The van der Waals surface area contributed by atoms with Crippen LogP contribution in [0.25, 0.3) is 21.8 Å². The smallest absolute Gasteiger partial charge is 0.430 e. The molecule has 2 heterocycles. The van der Waals surface area contributed by atoms with E-state index in [-0.39, 0.29) is 0 Å². The summed E-state index contributed by atoms with van der Waals surface area (Å²) in [6, 6.07) is 43.7. The van der Waals surface area contributed by atoms with Crippen molar-refractivity contribution in [1.29, 1.82) is 0 Å². The van der Waals surface area contributed by atoms with Crippen LogP contribution in [0, 0.1) is 13.8 Å². The number of carbonyl (C=O) groups is 2. The molecule has 62 heavy (non-hydrogen) atoms. The quantitative estimate of drug-likeness (QED) is 0.0541. The highest BCUT2D eigenvalue weighted by Gasteiger charge is 2.29. The van der Waals surface area contributed by atoms with Crippen LogP contribution in [0.5, 0.6) is 0 Å². The van der Waals surface area contributed by atoms with Gasteiger partial charge in [-0.3, -0.25) is 0 Å². The fraction of sp³-hybridized carbons (Fsp3) is 0.333. The zero-order chi connectivity index (χ0) is 45.1. The van der Waals surface area contributed by atoms with Crippen LogP contribution >= 0.6 is 0 Å². The van der Waals surface area contributed by atoms with Crippen molar-refractivity contribution in [3.8, 4) is 0 Å². The van der Waals surface area contributed by atoms with Crippen LogP contribution in [0.3, 0.4) is 0 Å². The molecule has 2 aromatic heterocycles. The number of aryl methyl sites for hydroxylation is 2. The first kappa shape index (κ1) is 48.5. The first-order valence-corrected chi connectivity index (χ1v) is 20.5. The van der Waals surface area contributed by atoms with E-state index in [1.165, 1.54) is 107 Å². The highest BCUT2D eigenvalue weighted by molar-refractivity contribution is 5.90. The molecule has 0 bridgehead atoms. The van der Waals surface area contributed by atoms with Gasteiger partial charge >= 0.3 is 12.4 Å². The number of alkyl halides is 6. The summed E-state index contributed by atoms with van der Waals surface area (Å²) in [4.78, 5) is 17.6. The number of hydrogen-bond acceptors (Lipinski definition) is 6. The number of pyridine rings is 2. The zero-order valence-electron chi connectivity index (χ0n) is 34.8. The predicted octanol–water partition coefficient (Wildman–Crippen LogP) is 8.52. The van der Waals surface area contributed by atoms with E-state index in [1.54, 1.807) is 0 Å². The van der Waals surface area contributed by atoms with Crippen LogP contribution in [0.1, 0.15) is 73.9 Å². The molecule has 0 aliphatic heterocycles. The molecule has 4 aromatic carbocycles. The van der Waals surface area contributed by atoms with Gasteiger partial charge in [-0.15, -0.1) is 0 Å². The van der Waals surface area contributed by atoms with Gasteiger partial charge in [-0.05, 0) is 25.0 Å². The number of fused-ring (bicyclic) bond motifs is 2. The van der Waals surface area contributed by atoms with Gasteiger partial charge in [-0.1, -0.05) is 123 Å². The predicted molar refractivity (Wildman–Crippen MR) is 225 cm³/mol. The van der Waals surface area contributed by atoms with E-state index in [9.17, 15) is 26.3 Å². The second-order valence-corrected chi connectivity index (χ2v) is 14.8. The van der Waals surface area contributed by atoms with Crippen molar-refractivity contribution in [1.82, 2.24) is 0 Å². The molecule has 0 aliphatic rings. The number of carboxylic acids is 2. The lowest BCUT2D eigenvalue weighted by atomic mass is 10.1. The summed E-state index contributed by atoms with van der Waals surface area (Å²) in [6.45, 7) is 8.29. The lowest BCUT2D eigenvalue weighted by Gasteiger charge is -2.12. The molecule has 0 fully saturated rings. The monoisotopic (exact) mass is 862 g/mol. The molecule has 8 nitrogen and oxygen atoms in total. The van der Waals surface area contributed by atoms with Crippen molar-refractivity contribution in [3.63, 3.8) is 0 Å². The van der Waals surface area contributed by atoms with Crippen molar-refractivity contribution in [2.75, 3.05) is 23.7 Å². The first-order chi connectivity index (χ1) is 29.6. The molecule has 0 unspecified atom stereocenters. The molecule has 330 valence electrons. The Labute approximate surface area is 357 Å². The van der Waals surface area contributed by atoms with E-state index in [4.69, 9.17) is 19.8 Å². The number of rotatable bonds is 17. The number of para-hydroxylation sites is 2. The van der Waals surface area contributed by atoms with Crippen molar-refractivity contribution in [3.05, 3.63) is 144 Å². The van der Waals surface area contributed by atoms with E-state index < -0.39 is 24.3 Å². The van der Waals surface area contributed by atoms with Gasteiger partial charge in [0.05, 0.1) is 22.1 Å². The Morgan fingerprint density at radius 3 is 1.10 bits per heavy atom. The number of carbonyl (C=O) groups excluding carboxylic acids is 2. The number of carboxylic acid groups (broad SMARTS) is 2. The Morgan fingerprint density at radius 1 is 0.484 bits per heavy atom. The maximum Gasteiger partial charge on any atom is 0.430 e. The summed E-state index contributed by atoms with van der Waals surface area (Å²) in [5.41, 5.74) is 10.3. The first-order valence-electron chi connectivity index (χ1n) is 20.5. The van der Waals surface area contributed by atoms with Gasteiger partial charge in [-0.25, -0.2) is 0 Å². The average Bonchev–Trinajstić information content (AvgIpc) is 3.24. The molecule has 0 spiro atoms. The van der Waals surface area contributed by atoms with Crippen molar-refractivity contribution in [2.45, 2.75) is 90.7 Å². The Kier molecular flexibility index (Phi) is 18.5. The number of benzene rings is 4.